The summed E-state index contributed by atoms with van der Waals surface area (Å²) in [5.41, 5.74) is -0.356. The minimum Gasteiger partial charge on any atom is -0.514 e. The van der Waals surface area contributed by atoms with Crippen LogP contribution < -0.4 is 0 Å². The van der Waals surface area contributed by atoms with Gasteiger partial charge < -0.3 is 9.84 Å². The fraction of sp³-hybridized carbons (Fsp3) is 0.667. The molecule has 0 rings (SSSR count). The Bertz CT molecular complexity index is 278. The largest absolute Gasteiger partial charge is 0.514 e. The minimum absolute atomic E-state index is 0.314. The molecule has 0 saturated carbocycles. The van der Waals surface area contributed by atoms with Gasteiger partial charge in [-0.15, -0.1) is 0 Å². The molecule has 16 heavy (non-hydrogen) atoms. The molecule has 1 unspecified atom stereocenters. The van der Waals surface area contributed by atoms with Gasteiger partial charge in [0.05, 0.1) is 6.61 Å². The highest BCUT2D eigenvalue weighted by molar-refractivity contribution is 5.92. The van der Waals surface area contributed by atoms with E-state index in [4.69, 9.17) is 15.1 Å². The van der Waals surface area contributed by atoms with Crippen molar-refractivity contribution in [1.82, 2.24) is 0 Å². The first-order valence-corrected chi connectivity index (χ1v) is 5.61. The van der Waals surface area contributed by atoms with Crippen molar-refractivity contribution in [1.29, 1.82) is 5.26 Å². The number of carbonyl (C=O) groups excluding carboxylic acids is 1. The molecule has 4 heteroatoms. The third-order valence-corrected chi connectivity index (χ3v) is 2.46. The Morgan fingerprint density at radius 2 is 2.25 bits per heavy atom. The van der Waals surface area contributed by atoms with E-state index >= 15 is 0 Å². The Kier molecular flexibility index (Phi) is 7.96. The molecule has 1 atom stereocenters. The monoisotopic (exact) mass is 225 g/mol. The van der Waals surface area contributed by atoms with E-state index in [2.05, 4.69) is 6.92 Å². The smallest absolute Gasteiger partial charge is 0.352 e. The third-order valence-electron chi connectivity index (χ3n) is 2.46. The number of nitrogens with zero attached hydrogens (tertiary/aromatic N) is 1. The van der Waals surface area contributed by atoms with Crippen LogP contribution in [-0.4, -0.2) is 17.7 Å². The molecule has 0 bridgehead atoms. The summed E-state index contributed by atoms with van der Waals surface area (Å²) >= 11 is 0. The van der Waals surface area contributed by atoms with Gasteiger partial charge in [0.1, 0.15) is 12.3 Å². The Hall–Kier alpha value is -1.50. The summed E-state index contributed by atoms with van der Waals surface area (Å²) in [6.45, 7) is 4.47. The van der Waals surface area contributed by atoms with Crippen molar-refractivity contribution in [2.75, 3.05) is 6.61 Å². The maximum absolute atomic E-state index is 11.2. The standard InChI is InChI=1S/C12H19NO3/c1-3-5-6-10(4-2)9-16-12(15)11(7-13)8-14/h8,10,14H,3-6,9H2,1-2H3/b11-8+. The van der Waals surface area contributed by atoms with Gasteiger partial charge in [-0.2, -0.15) is 5.26 Å². The first-order valence-electron chi connectivity index (χ1n) is 5.61. The molecule has 0 fully saturated rings. The maximum atomic E-state index is 11.2. The van der Waals surface area contributed by atoms with E-state index in [0.717, 1.165) is 25.7 Å². The second-order valence-electron chi connectivity index (χ2n) is 3.67. The molecule has 0 saturated heterocycles. The summed E-state index contributed by atoms with van der Waals surface area (Å²) < 4.78 is 4.95. The summed E-state index contributed by atoms with van der Waals surface area (Å²) in [6.07, 6.45) is 4.67. The van der Waals surface area contributed by atoms with Crippen LogP contribution in [0.2, 0.25) is 0 Å². The molecule has 0 aromatic heterocycles. The Morgan fingerprint density at radius 3 is 2.69 bits per heavy atom. The second-order valence-corrected chi connectivity index (χ2v) is 3.67. The molecule has 0 heterocycles. The number of hydrogen-bond acceptors (Lipinski definition) is 4. The lowest BCUT2D eigenvalue weighted by Gasteiger charge is -2.13. The summed E-state index contributed by atoms with van der Waals surface area (Å²) in [5, 5.41) is 17.1. The lowest BCUT2D eigenvalue weighted by molar-refractivity contribution is -0.140. The van der Waals surface area contributed by atoms with Crippen molar-refractivity contribution in [3.63, 3.8) is 0 Å². The van der Waals surface area contributed by atoms with Gasteiger partial charge in [-0.05, 0) is 12.3 Å². The molecular weight excluding hydrogens is 206 g/mol. The van der Waals surface area contributed by atoms with Gasteiger partial charge in [-0.3, -0.25) is 0 Å². The van der Waals surface area contributed by atoms with Crippen molar-refractivity contribution < 1.29 is 14.6 Å². The van der Waals surface area contributed by atoms with Gasteiger partial charge in [-0.25, -0.2) is 4.79 Å². The van der Waals surface area contributed by atoms with E-state index in [0.29, 0.717) is 18.8 Å². The van der Waals surface area contributed by atoms with Crippen LogP contribution in [0.5, 0.6) is 0 Å². The van der Waals surface area contributed by atoms with Crippen LogP contribution in [0.15, 0.2) is 11.8 Å². The highest BCUT2D eigenvalue weighted by Gasteiger charge is 2.13. The zero-order valence-electron chi connectivity index (χ0n) is 9.90. The zero-order valence-corrected chi connectivity index (χ0v) is 9.90. The quantitative estimate of drug-likeness (QED) is 0.313. The number of aliphatic hydroxyl groups is 1. The second kappa shape index (κ2) is 8.78. The molecule has 0 aliphatic rings. The van der Waals surface area contributed by atoms with Crippen LogP contribution >= 0.6 is 0 Å². The number of esters is 1. The first kappa shape index (κ1) is 14.5. The molecule has 90 valence electrons. The van der Waals surface area contributed by atoms with Gasteiger partial charge in [0.15, 0.2) is 5.57 Å². The molecule has 1 N–H and O–H groups in total. The van der Waals surface area contributed by atoms with E-state index in [1.54, 1.807) is 6.07 Å². The molecule has 0 spiro atoms. The molecule has 4 nitrogen and oxygen atoms in total. The fourth-order valence-corrected chi connectivity index (χ4v) is 1.30. The predicted octanol–water partition coefficient (Wildman–Crippen LogP) is 2.71. The number of ether oxygens (including phenoxy) is 1. The van der Waals surface area contributed by atoms with E-state index < -0.39 is 5.97 Å². The van der Waals surface area contributed by atoms with Crippen molar-refractivity contribution in [3.05, 3.63) is 11.8 Å². The van der Waals surface area contributed by atoms with Crippen molar-refractivity contribution >= 4 is 5.97 Å². The molecule has 0 aromatic carbocycles. The highest BCUT2D eigenvalue weighted by atomic mass is 16.5. The number of hydrogen-bond donors (Lipinski definition) is 1. The summed E-state index contributed by atoms with van der Waals surface area (Å²) in [5.74, 6) is -0.414. The van der Waals surface area contributed by atoms with Crippen molar-refractivity contribution in [2.24, 2.45) is 5.92 Å². The zero-order chi connectivity index (χ0) is 12.4. The predicted molar refractivity (Wildman–Crippen MR) is 60.6 cm³/mol. The SMILES string of the molecule is CCCCC(CC)COC(=O)/C(C#N)=C/O. The summed E-state index contributed by atoms with van der Waals surface area (Å²) in [6, 6.07) is 1.57. The van der Waals surface area contributed by atoms with Gasteiger partial charge in [0, 0.05) is 0 Å². The van der Waals surface area contributed by atoms with E-state index in [1.807, 2.05) is 6.92 Å². The number of rotatable bonds is 7. The Labute approximate surface area is 96.5 Å². The van der Waals surface area contributed by atoms with Crippen LogP contribution in [0, 0.1) is 17.2 Å². The average molecular weight is 225 g/mol. The molecule has 0 amide bonds. The topological polar surface area (TPSA) is 70.3 Å². The Balaban J connectivity index is 4.02. The van der Waals surface area contributed by atoms with Crippen LogP contribution in [-0.2, 0) is 9.53 Å². The summed E-state index contributed by atoms with van der Waals surface area (Å²) in [7, 11) is 0. The highest BCUT2D eigenvalue weighted by Crippen LogP contribution is 2.13. The van der Waals surface area contributed by atoms with E-state index in [1.165, 1.54) is 0 Å². The molecule has 0 aliphatic heterocycles. The van der Waals surface area contributed by atoms with Crippen LogP contribution in [0.4, 0.5) is 0 Å². The van der Waals surface area contributed by atoms with Crippen molar-refractivity contribution in [3.8, 4) is 6.07 Å². The average Bonchev–Trinajstić information content (AvgIpc) is 2.31. The van der Waals surface area contributed by atoms with E-state index in [9.17, 15) is 4.79 Å². The van der Waals surface area contributed by atoms with Crippen LogP contribution in [0.1, 0.15) is 39.5 Å². The van der Waals surface area contributed by atoms with E-state index in [-0.39, 0.29) is 5.57 Å². The lowest BCUT2D eigenvalue weighted by atomic mass is 10.0. The Morgan fingerprint density at radius 1 is 1.56 bits per heavy atom. The molecule has 0 aliphatic carbocycles. The maximum Gasteiger partial charge on any atom is 0.352 e. The minimum atomic E-state index is -0.750. The van der Waals surface area contributed by atoms with Gasteiger partial charge in [0.25, 0.3) is 0 Å². The molecule has 0 aromatic rings. The first-order chi connectivity index (χ1) is 7.69. The fourth-order valence-electron chi connectivity index (χ4n) is 1.30. The molecular formula is C12H19NO3. The third kappa shape index (κ3) is 5.40. The number of nitriles is 1. The van der Waals surface area contributed by atoms with Crippen LogP contribution in [0.3, 0.4) is 0 Å². The number of aliphatic hydroxyl groups excluding tert-OH is 1. The van der Waals surface area contributed by atoms with Gasteiger partial charge in [0.2, 0.25) is 0 Å². The number of carbonyl (C=O) groups is 1. The van der Waals surface area contributed by atoms with Gasteiger partial charge in [-0.1, -0.05) is 33.1 Å². The van der Waals surface area contributed by atoms with Crippen LogP contribution in [0.25, 0.3) is 0 Å². The molecule has 0 radical (unpaired) electrons. The van der Waals surface area contributed by atoms with Gasteiger partial charge >= 0.3 is 5.97 Å². The number of unbranched alkanes of at least 4 members (excludes halogenated alkanes) is 1. The van der Waals surface area contributed by atoms with Crippen molar-refractivity contribution in [2.45, 2.75) is 39.5 Å². The lowest BCUT2D eigenvalue weighted by Crippen LogP contribution is -2.15. The normalized spacial score (nSPS) is 12.9. The summed E-state index contributed by atoms with van der Waals surface area (Å²) in [4.78, 5) is 11.2.